The second-order valence-corrected chi connectivity index (χ2v) is 9.46. The van der Waals surface area contributed by atoms with Crippen LogP contribution in [-0.4, -0.2) is 32.4 Å². The number of aromatic nitrogens is 4. The number of fused-ring (bicyclic) bond motifs is 1. The van der Waals surface area contributed by atoms with Gasteiger partial charge in [0.2, 0.25) is 0 Å². The Hall–Kier alpha value is -2.90. The van der Waals surface area contributed by atoms with Crippen LogP contribution in [0.4, 0.5) is 0 Å². The van der Waals surface area contributed by atoms with Gasteiger partial charge in [-0.3, -0.25) is 0 Å². The summed E-state index contributed by atoms with van der Waals surface area (Å²) in [4.78, 5) is 13.8. The number of ether oxygens (including phenoxy) is 1. The number of carbonyl (C=O) groups is 1. The first-order valence-corrected chi connectivity index (χ1v) is 12.2. The van der Waals surface area contributed by atoms with Crippen molar-refractivity contribution < 1.29 is 9.53 Å². The smallest absolute Gasteiger partial charge is 0.360 e. The molecule has 0 aliphatic heterocycles. The lowest BCUT2D eigenvalue weighted by molar-refractivity contribution is 0.0516. The van der Waals surface area contributed by atoms with Crippen LogP contribution in [0.2, 0.25) is 5.02 Å². The summed E-state index contributed by atoms with van der Waals surface area (Å²) in [5.74, 6) is 0.110. The standard InChI is InChI=1S/C25H25ClN4O2S/c1-5-32-25(31)23-20(14-33-19-11-9-16(4)10-12-19)30-24(28-27-23)21(22(29-30)15(2)3)17-7-6-8-18(26)13-17/h6-13,15H,5,14H2,1-4H3. The summed E-state index contributed by atoms with van der Waals surface area (Å²) < 4.78 is 7.00. The molecule has 33 heavy (non-hydrogen) atoms. The molecule has 170 valence electrons. The highest BCUT2D eigenvalue weighted by Gasteiger charge is 2.25. The Kier molecular flexibility index (Phi) is 7.00. The number of halogens is 1. The van der Waals surface area contributed by atoms with E-state index in [0.29, 0.717) is 22.1 Å². The molecular formula is C25H25ClN4O2S. The van der Waals surface area contributed by atoms with Crippen molar-refractivity contribution in [2.45, 2.75) is 44.3 Å². The number of nitrogens with zero attached hydrogens (tertiary/aromatic N) is 4. The molecule has 0 saturated heterocycles. The van der Waals surface area contributed by atoms with E-state index in [9.17, 15) is 4.79 Å². The second-order valence-electron chi connectivity index (χ2n) is 7.98. The minimum atomic E-state index is -0.502. The van der Waals surface area contributed by atoms with Gasteiger partial charge >= 0.3 is 5.97 Å². The average Bonchev–Trinajstić information content (AvgIpc) is 3.19. The molecule has 0 atom stereocenters. The number of hydrogen-bond donors (Lipinski definition) is 0. The van der Waals surface area contributed by atoms with Crippen molar-refractivity contribution in [2.75, 3.05) is 6.61 Å². The molecule has 0 bridgehead atoms. The topological polar surface area (TPSA) is 69.4 Å². The number of hydrogen-bond acceptors (Lipinski definition) is 6. The summed E-state index contributed by atoms with van der Waals surface area (Å²) in [6.45, 7) is 8.24. The second kappa shape index (κ2) is 9.93. The van der Waals surface area contributed by atoms with E-state index in [1.54, 1.807) is 23.2 Å². The largest absolute Gasteiger partial charge is 0.461 e. The van der Waals surface area contributed by atoms with Crippen LogP contribution in [0.15, 0.2) is 53.4 Å². The fourth-order valence-corrected chi connectivity index (χ4v) is 4.64. The Labute approximate surface area is 202 Å². The van der Waals surface area contributed by atoms with Crippen molar-refractivity contribution in [1.82, 2.24) is 19.8 Å². The van der Waals surface area contributed by atoms with E-state index in [4.69, 9.17) is 21.4 Å². The van der Waals surface area contributed by atoms with E-state index in [1.165, 1.54) is 5.56 Å². The Balaban J connectivity index is 1.89. The lowest BCUT2D eigenvalue weighted by Crippen LogP contribution is -2.16. The van der Waals surface area contributed by atoms with Crippen molar-refractivity contribution in [3.63, 3.8) is 0 Å². The molecule has 0 amide bonds. The summed E-state index contributed by atoms with van der Waals surface area (Å²) in [7, 11) is 0. The van der Waals surface area contributed by atoms with Crippen LogP contribution in [0.3, 0.4) is 0 Å². The molecule has 6 nitrogen and oxygen atoms in total. The van der Waals surface area contributed by atoms with E-state index in [1.807, 2.05) is 24.3 Å². The third-order valence-corrected chi connectivity index (χ3v) is 6.45. The number of carbonyl (C=O) groups excluding carboxylic acids is 1. The number of esters is 1. The third kappa shape index (κ3) is 4.89. The first-order valence-electron chi connectivity index (χ1n) is 10.8. The zero-order valence-electron chi connectivity index (χ0n) is 19.0. The molecule has 0 aliphatic carbocycles. The third-order valence-electron chi connectivity index (χ3n) is 5.19. The quantitative estimate of drug-likeness (QED) is 0.227. The lowest BCUT2D eigenvalue weighted by Gasteiger charge is -2.10. The van der Waals surface area contributed by atoms with Crippen molar-refractivity contribution in [3.05, 3.63) is 76.2 Å². The molecule has 0 spiro atoms. The van der Waals surface area contributed by atoms with Crippen LogP contribution >= 0.6 is 23.4 Å². The van der Waals surface area contributed by atoms with Gasteiger partial charge in [-0.1, -0.05) is 55.3 Å². The maximum Gasteiger partial charge on any atom is 0.360 e. The highest BCUT2D eigenvalue weighted by atomic mass is 35.5. The van der Waals surface area contributed by atoms with E-state index in [-0.39, 0.29) is 18.2 Å². The molecule has 0 saturated carbocycles. The highest BCUT2D eigenvalue weighted by Crippen LogP contribution is 2.35. The zero-order valence-corrected chi connectivity index (χ0v) is 20.6. The van der Waals surface area contributed by atoms with Crippen LogP contribution in [-0.2, 0) is 10.5 Å². The van der Waals surface area contributed by atoms with Crippen molar-refractivity contribution in [2.24, 2.45) is 0 Å². The predicted octanol–water partition coefficient (Wildman–Crippen LogP) is 6.35. The molecule has 0 aliphatic rings. The van der Waals surface area contributed by atoms with Gasteiger partial charge in [-0.25, -0.2) is 9.31 Å². The molecule has 2 aromatic carbocycles. The summed E-state index contributed by atoms with van der Waals surface area (Å²) in [5, 5.41) is 14.2. The Morgan fingerprint density at radius 3 is 2.58 bits per heavy atom. The van der Waals surface area contributed by atoms with Gasteiger partial charge in [0.1, 0.15) is 0 Å². The van der Waals surface area contributed by atoms with Gasteiger partial charge in [0.05, 0.1) is 23.6 Å². The van der Waals surface area contributed by atoms with Gasteiger partial charge < -0.3 is 4.74 Å². The first kappa shape index (κ1) is 23.3. The van der Waals surface area contributed by atoms with E-state index < -0.39 is 5.97 Å². The van der Waals surface area contributed by atoms with E-state index in [2.05, 4.69) is 55.2 Å². The fraction of sp³-hybridized carbons (Fsp3) is 0.280. The highest BCUT2D eigenvalue weighted by molar-refractivity contribution is 7.98. The van der Waals surface area contributed by atoms with E-state index in [0.717, 1.165) is 21.7 Å². The van der Waals surface area contributed by atoms with Crippen LogP contribution in [0.25, 0.3) is 16.8 Å². The van der Waals surface area contributed by atoms with Crippen LogP contribution in [0.5, 0.6) is 0 Å². The molecule has 0 radical (unpaired) electrons. The summed E-state index contributed by atoms with van der Waals surface area (Å²) in [5.41, 5.74) is 5.27. The van der Waals surface area contributed by atoms with Crippen molar-refractivity contribution in [1.29, 1.82) is 0 Å². The maximum absolute atomic E-state index is 12.7. The lowest BCUT2D eigenvalue weighted by atomic mass is 10.00. The van der Waals surface area contributed by atoms with Gasteiger partial charge in [-0.2, -0.15) is 5.10 Å². The molecular weight excluding hydrogens is 456 g/mol. The molecule has 0 fully saturated rings. The Bertz CT molecular complexity index is 1300. The average molecular weight is 481 g/mol. The van der Waals surface area contributed by atoms with Crippen molar-refractivity contribution in [3.8, 4) is 11.1 Å². The fourth-order valence-electron chi connectivity index (χ4n) is 3.56. The molecule has 2 aromatic heterocycles. The van der Waals surface area contributed by atoms with Crippen LogP contribution < -0.4 is 0 Å². The van der Waals surface area contributed by atoms with E-state index >= 15 is 0 Å². The minimum Gasteiger partial charge on any atom is -0.461 e. The minimum absolute atomic E-state index is 0.129. The zero-order chi connectivity index (χ0) is 23.5. The van der Waals surface area contributed by atoms with Gasteiger partial charge in [-0.15, -0.1) is 22.0 Å². The normalized spacial score (nSPS) is 11.3. The SMILES string of the molecule is CCOC(=O)c1nnc2c(-c3cccc(Cl)c3)c(C(C)C)nn2c1CSc1ccc(C)cc1. The van der Waals surface area contributed by atoms with Gasteiger partial charge in [0, 0.05) is 15.7 Å². The monoisotopic (exact) mass is 480 g/mol. The molecule has 2 heterocycles. The summed E-state index contributed by atoms with van der Waals surface area (Å²) >= 11 is 7.89. The van der Waals surface area contributed by atoms with Gasteiger partial charge in [0.15, 0.2) is 11.3 Å². The molecule has 4 rings (SSSR count). The predicted molar refractivity (Wildman–Crippen MR) is 132 cm³/mol. The van der Waals surface area contributed by atoms with Gasteiger partial charge in [0.25, 0.3) is 0 Å². The van der Waals surface area contributed by atoms with Crippen molar-refractivity contribution >= 4 is 35.0 Å². The van der Waals surface area contributed by atoms with Crippen LogP contribution in [0.1, 0.15) is 54.1 Å². The Morgan fingerprint density at radius 1 is 1.15 bits per heavy atom. The summed E-state index contributed by atoms with van der Waals surface area (Å²) in [6.07, 6.45) is 0. The first-order chi connectivity index (χ1) is 15.9. The number of benzene rings is 2. The van der Waals surface area contributed by atoms with Crippen LogP contribution in [0, 0.1) is 6.92 Å². The molecule has 0 N–H and O–H groups in total. The Morgan fingerprint density at radius 2 is 1.91 bits per heavy atom. The number of aryl methyl sites for hydroxylation is 1. The summed E-state index contributed by atoms with van der Waals surface area (Å²) in [6, 6.07) is 15.9. The van der Waals surface area contributed by atoms with Gasteiger partial charge in [-0.05, 0) is 49.6 Å². The molecule has 8 heteroatoms. The number of rotatable bonds is 7. The molecule has 4 aromatic rings. The maximum atomic E-state index is 12.7. The molecule has 0 unspecified atom stereocenters. The number of thioether (sulfide) groups is 1.